The molecule has 2 heterocycles. The number of hydrogen-bond donors (Lipinski definition) is 1. The molecular weight excluding hydrogens is 270 g/mol. The Hall–Kier alpha value is -1.14. The molecule has 2 saturated heterocycles. The zero-order chi connectivity index (χ0) is 14.7. The van der Waals surface area contributed by atoms with E-state index in [2.05, 4.69) is 5.32 Å². The predicted octanol–water partition coefficient (Wildman–Crippen LogP) is -0.0217. The van der Waals surface area contributed by atoms with Gasteiger partial charge in [0.1, 0.15) is 6.04 Å². The van der Waals surface area contributed by atoms with Gasteiger partial charge in [-0.1, -0.05) is 0 Å². The Morgan fingerprint density at radius 3 is 2.57 bits per heavy atom. The molecule has 2 amide bonds. The lowest BCUT2D eigenvalue weighted by molar-refractivity contribution is -0.146. The number of ether oxygens (including phenoxy) is 1. The Labute approximate surface area is 125 Å². The highest BCUT2D eigenvalue weighted by Crippen LogP contribution is 2.21. The molecule has 3 aliphatic rings. The van der Waals surface area contributed by atoms with Crippen LogP contribution in [0.15, 0.2) is 0 Å². The fourth-order valence-corrected chi connectivity index (χ4v) is 3.13. The second-order valence-electron chi connectivity index (χ2n) is 6.16. The summed E-state index contributed by atoms with van der Waals surface area (Å²) in [6.45, 7) is 3.98. The molecule has 1 unspecified atom stereocenters. The molecule has 2 aliphatic heterocycles. The van der Waals surface area contributed by atoms with Crippen LogP contribution in [0.2, 0.25) is 0 Å². The third kappa shape index (κ3) is 3.74. The summed E-state index contributed by atoms with van der Waals surface area (Å²) >= 11 is 0. The SMILES string of the molecule is O=C(C1CCCN1C(=O)CCNC1CC1)N1CCOCC1. The van der Waals surface area contributed by atoms with Crippen molar-refractivity contribution in [3.63, 3.8) is 0 Å². The fourth-order valence-electron chi connectivity index (χ4n) is 3.13. The van der Waals surface area contributed by atoms with Gasteiger partial charge in [0.25, 0.3) is 0 Å². The van der Waals surface area contributed by atoms with Crippen molar-refractivity contribution in [2.45, 2.75) is 44.2 Å². The number of morpholine rings is 1. The molecule has 21 heavy (non-hydrogen) atoms. The lowest BCUT2D eigenvalue weighted by Gasteiger charge is -2.32. The maximum Gasteiger partial charge on any atom is 0.245 e. The number of amides is 2. The van der Waals surface area contributed by atoms with Crippen molar-refractivity contribution in [1.82, 2.24) is 15.1 Å². The average Bonchev–Trinajstić information content (AvgIpc) is 3.21. The Morgan fingerprint density at radius 2 is 1.86 bits per heavy atom. The van der Waals surface area contributed by atoms with Crippen LogP contribution < -0.4 is 5.32 Å². The second kappa shape index (κ2) is 6.75. The molecule has 1 saturated carbocycles. The molecule has 118 valence electrons. The van der Waals surface area contributed by atoms with Crippen molar-refractivity contribution in [2.75, 3.05) is 39.4 Å². The van der Waals surface area contributed by atoms with E-state index in [0.29, 0.717) is 38.8 Å². The summed E-state index contributed by atoms with van der Waals surface area (Å²) in [6.07, 6.45) is 4.70. The first-order valence-electron chi connectivity index (χ1n) is 8.15. The summed E-state index contributed by atoms with van der Waals surface area (Å²) in [5, 5.41) is 3.36. The van der Waals surface area contributed by atoms with Crippen LogP contribution in [0.5, 0.6) is 0 Å². The second-order valence-corrected chi connectivity index (χ2v) is 6.16. The zero-order valence-corrected chi connectivity index (χ0v) is 12.6. The number of nitrogens with one attached hydrogen (secondary N) is 1. The Bertz CT molecular complexity index is 392. The van der Waals surface area contributed by atoms with Gasteiger partial charge >= 0.3 is 0 Å². The van der Waals surface area contributed by atoms with Crippen LogP contribution >= 0.6 is 0 Å². The number of nitrogens with zero attached hydrogens (tertiary/aromatic N) is 2. The van der Waals surface area contributed by atoms with E-state index < -0.39 is 0 Å². The topological polar surface area (TPSA) is 61.9 Å². The molecule has 3 rings (SSSR count). The summed E-state index contributed by atoms with van der Waals surface area (Å²) in [5.41, 5.74) is 0. The van der Waals surface area contributed by atoms with Gasteiger partial charge in [-0.25, -0.2) is 0 Å². The molecule has 1 aliphatic carbocycles. The molecule has 0 spiro atoms. The molecule has 0 bridgehead atoms. The van der Waals surface area contributed by atoms with Crippen molar-refractivity contribution >= 4 is 11.8 Å². The van der Waals surface area contributed by atoms with Gasteiger partial charge in [-0.3, -0.25) is 9.59 Å². The van der Waals surface area contributed by atoms with Gasteiger partial charge in [0.15, 0.2) is 0 Å². The van der Waals surface area contributed by atoms with Crippen LogP contribution in [0.4, 0.5) is 0 Å². The summed E-state index contributed by atoms with van der Waals surface area (Å²) < 4.78 is 5.29. The van der Waals surface area contributed by atoms with E-state index in [-0.39, 0.29) is 17.9 Å². The van der Waals surface area contributed by atoms with Crippen LogP contribution in [0.25, 0.3) is 0 Å². The number of likely N-dealkylation sites (tertiary alicyclic amines) is 1. The molecule has 6 nitrogen and oxygen atoms in total. The molecule has 1 atom stereocenters. The molecule has 0 aromatic carbocycles. The van der Waals surface area contributed by atoms with Gasteiger partial charge < -0.3 is 19.9 Å². The lowest BCUT2D eigenvalue weighted by Crippen LogP contribution is -2.51. The molecule has 0 radical (unpaired) electrons. The van der Waals surface area contributed by atoms with Gasteiger partial charge in [-0.05, 0) is 25.7 Å². The van der Waals surface area contributed by atoms with Crippen molar-refractivity contribution in [3.05, 3.63) is 0 Å². The first kappa shape index (κ1) is 14.8. The summed E-state index contributed by atoms with van der Waals surface area (Å²) in [6, 6.07) is 0.388. The van der Waals surface area contributed by atoms with E-state index in [0.717, 1.165) is 25.9 Å². The number of carbonyl (C=O) groups excluding carboxylic acids is 2. The smallest absolute Gasteiger partial charge is 0.245 e. The van der Waals surface area contributed by atoms with Gasteiger partial charge in [0.05, 0.1) is 13.2 Å². The first-order chi connectivity index (χ1) is 10.3. The molecule has 0 aromatic heterocycles. The molecule has 3 fully saturated rings. The number of rotatable bonds is 5. The van der Waals surface area contributed by atoms with Crippen LogP contribution in [-0.4, -0.2) is 73.1 Å². The van der Waals surface area contributed by atoms with E-state index in [1.54, 1.807) is 4.90 Å². The first-order valence-corrected chi connectivity index (χ1v) is 8.15. The minimum atomic E-state index is -0.239. The van der Waals surface area contributed by atoms with Crippen LogP contribution in [0.3, 0.4) is 0 Å². The molecule has 6 heteroatoms. The largest absolute Gasteiger partial charge is 0.378 e. The van der Waals surface area contributed by atoms with E-state index in [4.69, 9.17) is 4.74 Å². The van der Waals surface area contributed by atoms with Gasteiger partial charge in [-0.15, -0.1) is 0 Å². The number of hydrogen-bond acceptors (Lipinski definition) is 4. The van der Waals surface area contributed by atoms with Crippen molar-refractivity contribution in [2.24, 2.45) is 0 Å². The lowest BCUT2D eigenvalue weighted by atomic mass is 10.1. The standard InChI is InChI=1S/C15H25N3O3/c19-14(5-6-16-12-3-4-12)18-7-1-2-13(18)15(20)17-8-10-21-11-9-17/h12-13,16H,1-11H2. The minimum absolute atomic E-state index is 0.110. The minimum Gasteiger partial charge on any atom is -0.378 e. The molecule has 0 aromatic rings. The zero-order valence-electron chi connectivity index (χ0n) is 12.6. The fraction of sp³-hybridized carbons (Fsp3) is 0.867. The van der Waals surface area contributed by atoms with E-state index in [9.17, 15) is 9.59 Å². The van der Waals surface area contributed by atoms with Gasteiger partial charge in [-0.2, -0.15) is 0 Å². The van der Waals surface area contributed by atoms with Crippen LogP contribution in [0, 0.1) is 0 Å². The Kier molecular flexibility index (Phi) is 4.75. The van der Waals surface area contributed by atoms with Crippen molar-refractivity contribution < 1.29 is 14.3 Å². The highest BCUT2D eigenvalue weighted by Gasteiger charge is 2.36. The average molecular weight is 295 g/mol. The Balaban J connectivity index is 1.50. The Morgan fingerprint density at radius 1 is 1.10 bits per heavy atom. The highest BCUT2D eigenvalue weighted by atomic mass is 16.5. The van der Waals surface area contributed by atoms with Crippen LogP contribution in [-0.2, 0) is 14.3 Å². The van der Waals surface area contributed by atoms with Crippen molar-refractivity contribution in [1.29, 1.82) is 0 Å². The summed E-state index contributed by atoms with van der Waals surface area (Å²) in [5.74, 6) is 0.228. The predicted molar refractivity (Wildman–Crippen MR) is 77.8 cm³/mol. The van der Waals surface area contributed by atoms with Crippen LogP contribution in [0.1, 0.15) is 32.1 Å². The summed E-state index contributed by atoms with van der Waals surface area (Å²) in [4.78, 5) is 28.6. The maximum absolute atomic E-state index is 12.6. The van der Waals surface area contributed by atoms with Gasteiger partial charge in [0.2, 0.25) is 11.8 Å². The molecular formula is C15H25N3O3. The maximum atomic E-state index is 12.6. The monoisotopic (exact) mass is 295 g/mol. The quantitative estimate of drug-likeness (QED) is 0.774. The normalized spacial score (nSPS) is 26.2. The highest BCUT2D eigenvalue weighted by molar-refractivity contribution is 5.88. The number of carbonyl (C=O) groups is 2. The van der Waals surface area contributed by atoms with E-state index in [1.807, 2.05) is 4.90 Å². The van der Waals surface area contributed by atoms with Gasteiger partial charge in [0, 0.05) is 38.6 Å². The third-order valence-corrected chi connectivity index (χ3v) is 4.53. The van der Waals surface area contributed by atoms with E-state index >= 15 is 0 Å². The van der Waals surface area contributed by atoms with E-state index in [1.165, 1.54) is 12.8 Å². The third-order valence-electron chi connectivity index (χ3n) is 4.53. The summed E-state index contributed by atoms with van der Waals surface area (Å²) in [7, 11) is 0. The molecule has 1 N–H and O–H groups in total. The van der Waals surface area contributed by atoms with Crippen molar-refractivity contribution in [3.8, 4) is 0 Å².